The number of ketones is 1. The van der Waals surface area contributed by atoms with Gasteiger partial charge in [-0.05, 0) is 18.8 Å². The Labute approximate surface area is 82.6 Å². The van der Waals surface area contributed by atoms with Gasteiger partial charge in [0.1, 0.15) is 5.78 Å². The highest BCUT2D eigenvalue weighted by atomic mass is 16.5. The molecular formula is C10H14O4. The molecule has 1 aliphatic heterocycles. The summed E-state index contributed by atoms with van der Waals surface area (Å²) in [5.74, 6) is 0.779. The normalized spacial score (nSPS) is 36.6. The number of Topliss-reactive ketones (excluding diaryl/α,β-unsaturated/α-hetero) is 1. The largest absolute Gasteiger partial charge is 0.468 e. The summed E-state index contributed by atoms with van der Waals surface area (Å²) < 4.78 is 10.1. The minimum Gasteiger partial charge on any atom is -0.468 e. The van der Waals surface area contributed by atoms with Gasteiger partial charge in [0.2, 0.25) is 0 Å². The number of rotatable bonds is 3. The average Bonchev–Trinajstić information content (AvgIpc) is 2.15. The Balaban J connectivity index is 1.93. The Morgan fingerprint density at radius 3 is 2.57 bits per heavy atom. The van der Waals surface area contributed by atoms with Crippen LogP contribution in [0.5, 0.6) is 0 Å². The van der Waals surface area contributed by atoms with Gasteiger partial charge in [-0.1, -0.05) is 0 Å². The zero-order valence-corrected chi connectivity index (χ0v) is 7.98. The first kappa shape index (κ1) is 9.65. The van der Waals surface area contributed by atoms with Crippen LogP contribution in [0.4, 0.5) is 0 Å². The summed E-state index contributed by atoms with van der Waals surface area (Å²) in [5, 5.41) is 0. The first-order valence-corrected chi connectivity index (χ1v) is 4.98. The maximum atomic E-state index is 11.6. The molecule has 2 rings (SSSR count). The van der Waals surface area contributed by atoms with E-state index < -0.39 is 0 Å². The molecule has 14 heavy (non-hydrogen) atoms. The van der Waals surface area contributed by atoms with Gasteiger partial charge in [-0.25, -0.2) is 0 Å². The minimum absolute atomic E-state index is 0.0442. The third-order valence-corrected chi connectivity index (χ3v) is 3.08. The highest BCUT2D eigenvalue weighted by molar-refractivity contribution is 5.85. The summed E-state index contributed by atoms with van der Waals surface area (Å²) in [7, 11) is 0. The summed E-state index contributed by atoms with van der Waals surface area (Å²) in [6.07, 6.45) is 1.62. The van der Waals surface area contributed by atoms with Gasteiger partial charge in [0, 0.05) is 11.8 Å². The van der Waals surface area contributed by atoms with E-state index in [1.807, 2.05) is 0 Å². The van der Waals surface area contributed by atoms with Crippen molar-refractivity contribution in [3.8, 4) is 0 Å². The van der Waals surface area contributed by atoms with E-state index in [0.717, 1.165) is 12.8 Å². The standard InChI is InChI=1S/C10H14O4/c11-6-14-3-7-1-8-4-13-5-9(2-7)10(8)12/h6-9H,1-5H2. The summed E-state index contributed by atoms with van der Waals surface area (Å²) in [4.78, 5) is 21.7. The van der Waals surface area contributed by atoms with Crippen LogP contribution in [0.25, 0.3) is 0 Å². The second-order valence-corrected chi connectivity index (χ2v) is 4.10. The summed E-state index contributed by atoms with van der Waals surface area (Å²) in [6, 6.07) is 0. The molecule has 2 fully saturated rings. The van der Waals surface area contributed by atoms with Crippen LogP contribution < -0.4 is 0 Å². The Hall–Kier alpha value is -0.900. The lowest BCUT2D eigenvalue weighted by Gasteiger charge is -2.36. The second kappa shape index (κ2) is 4.09. The Morgan fingerprint density at radius 1 is 1.36 bits per heavy atom. The summed E-state index contributed by atoms with van der Waals surface area (Å²) in [6.45, 7) is 2.02. The fourth-order valence-corrected chi connectivity index (χ4v) is 2.43. The minimum atomic E-state index is 0.0442. The van der Waals surface area contributed by atoms with Crippen molar-refractivity contribution >= 4 is 12.3 Å². The summed E-state index contributed by atoms with van der Waals surface area (Å²) in [5.41, 5.74) is 0. The number of hydrogen-bond donors (Lipinski definition) is 0. The molecule has 1 saturated carbocycles. The number of hydrogen-bond acceptors (Lipinski definition) is 4. The maximum Gasteiger partial charge on any atom is 0.293 e. The fraction of sp³-hybridized carbons (Fsp3) is 0.800. The lowest BCUT2D eigenvalue weighted by molar-refractivity contribution is -0.145. The van der Waals surface area contributed by atoms with Gasteiger partial charge >= 0.3 is 0 Å². The van der Waals surface area contributed by atoms with Crippen molar-refractivity contribution in [2.24, 2.45) is 17.8 Å². The Kier molecular flexibility index (Phi) is 2.82. The lowest BCUT2D eigenvalue weighted by atomic mass is 9.74. The average molecular weight is 198 g/mol. The molecule has 0 aromatic carbocycles. The molecule has 0 N–H and O–H groups in total. The highest BCUT2D eigenvalue weighted by Gasteiger charge is 2.39. The van der Waals surface area contributed by atoms with E-state index in [2.05, 4.69) is 0 Å². The van der Waals surface area contributed by atoms with Crippen molar-refractivity contribution in [2.75, 3.05) is 19.8 Å². The van der Waals surface area contributed by atoms with Gasteiger partial charge in [0.05, 0.1) is 19.8 Å². The lowest BCUT2D eigenvalue weighted by Crippen LogP contribution is -2.43. The van der Waals surface area contributed by atoms with E-state index in [1.54, 1.807) is 0 Å². The van der Waals surface area contributed by atoms with Crippen molar-refractivity contribution in [1.82, 2.24) is 0 Å². The van der Waals surface area contributed by atoms with E-state index >= 15 is 0 Å². The van der Waals surface area contributed by atoms with Crippen LogP contribution in [0, 0.1) is 17.8 Å². The van der Waals surface area contributed by atoms with Gasteiger partial charge in [-0.15, -0.1) is 0 Å². The predicted octanol–water partition coefficient (Wildman–Crippen LogP) is 0.401. The summed E-state index contributed by atoms with van der Waals surface area (Å²) >= 11 is 0. The molecule has 4 nitrogen and oxygen atoms in total. The van der Waals surface area contributed by atoms with Crippen molar-refractivity contribution < 1.29 is 19.1 Å². The molecule has 0 aromatic heterocycles. The molecule has 1 saturated heterocycles. The predicted molar refractivity (Wildman–Crippen MR) is 47.5 cm³/mol. The van der Waals surface area contributed by atoms with Gasteiger partial charge in [0.15, 0.2) is 0 Å². The van der Waals surface area contributed by atoms with Crippen LogP contribution >= 0.6 is 0 Å². The fourth-order valence-electron chi connectivity index (χ4n) is 2.43. The van der Waals surface area contributed by atoms with Crippen LogP contribution in [0.1, 0.15) is 12.8 Å². The quantitative estimate of drug-likeness (QED) is 0.616. The van der Waals surface area contributed by atoms with Crippen molar-refractivity contribution in [3.63, 3.8) is 0 Å². The molecule has 2 bridgehead atoms. The molecule has 2 unspecified atom stereocenters. The van der Waals surface area contributed by atoms with E-state index in [9.17, 15) is 9.59 Å². The van der Waals surface area contributed by atoms with Crippen molar-refractivity contribution in [2.45, 2.75) is 12.8 Å². The molecule has 0 aromatic rings. The van der Waals surface area contributed by atoms with E-state index in [4.69, 9.17) is 9.47 Å². The van der Waals surface area contributed by atoms with Crippen LogP contribution in [0.2, 0.25) is 0 Å². The molecule has 78 valence electrons. The topological polar surface area (TPSA) is 52.6 Å². The SMILES string of the molecule is O=COCC1CC2COCC(C1)C2=O. The van der Waals surface area contributed by atoms with Gasteiger partial charge in [-0.2, -0.15) is 0 Å². The number of fused-ring (bicyclic) bond motifs is 2. The molecule has 2 aliphatic rings. The van der Waals surface area contributed by atoms with E-state index in [1.165, 1.54) is 0 Å². The van der Waals surface area contributed by atoms with Crippen LogP contribution in [0.15, 0.2) is 0 Å². The second-order valence-electron chi connectivity index (χ2n) is 4.10. The molecule has 1 aliphatic carbocycles. The van der Waals surface area contributed by atoms with E-state index in [0.29, 0.717) is 38.0 Å². The zero-order valence-electron chi connectivity index (χ0n) is 7.98. The monoisotopic (exact) mass is 198 g/mol. The number of carbonyl (C=O) groups is 2. The molecule has 4 heteroatoms. The van der Waals surface area contributed by atoms with Crippen LogP contribution in [-0.2, 0) is 19.1 Å². The first-order valence-electron chi connectivity index (χ1n) is 4.98. The molecular weight excluding hydrogens is 184 g/mol. The van der Waals surface area contributed by atoms with Crippen molar-refractivity contribution in [3.05, 3.63) is 0 Å². The van der Waals surface area contributed by atoms with Crippen LogP contribution in [0.3, 0.4) is 0 Å². The molecule has 2 atom stereocenters. The number of carbonyl (C=O) groups excluding carboxylic acids is 2. The van der Waals surface area contributed by atoms with E-state index in [-0.39, 0.29) is 11.8 Å². The van der Waals surface area contributed by atoms with Gasteiger partial charge in [-0.3, -0.25) is 9.59 Å². The highest BCUT2D eigenvalue weighted by Crippen LogP contribution is 2.34. The molecule has 0 radical (unpaired) electrons. The number of ether oxygens (including phenoxy) is 2. The van der Waals surface area contributed by atoms with Gasteiger partial charge < -0.3 is 9.47 Å². The van der Waals surface area contributed by atoms with Gasteiger partial charge in [0.25, 0.3) is 6.47 Å². The molecule has 1 heterocycles. The maximum absolute atomic E-state index is 11.6. The molecule has 0 amide bonds. The van der Waals surface area contributed by atoms with Crippen LogP contribution in [-0.4, -0.2) is 32.1 Å². The molecule has 0 spiro atoms. The first-order chi connectivity index (χ1) is 6.81. The Bertz CT molecular complexity index is 222. The van der Waals surface area contributed by atoms with Crippen molar-refractivity contribution in [1.29, 1.82) is 0 Å². The zero-order chi connectivity index (χ0) is 9.97. The third-order valence-electron chi connectivity index (χ3n) is 3.08. The smallest absolute Gasteiger partial charge is 0.293 e. The third kappa shape index (κ3) is 1.80. The Morgan fingerprint density at radius 2 is 2.00 bits per heavy atom.